The van der Waals surface area contributed by atoms with E-state index in [1.807, 2.05) is 19.9 Å². The Bertz CT molecular complexity index is 786. The van der Waals surface area contributed by atoms with Gasteiger partial charge in [-0.1, -0.05) is 24.6 Å². The smallest absolute Gasteiger partial charge is 0.293 e. The van der Waals surface area contributed by atoms with Crippen LogP contribution in [0.4, 0.5) is 5.69 Å². The molecule has 128 valence electrons. The Hall–Kier alpha value is -2.27. The van der Waals surface area contributed by atoms with Crippen LogP contribution in [0.3, 0.4) is 0 Å². The second-order valence-electron chi connectivity index (χ2n) is 5.56. The van der Waals surface area contributed by atoms with Crippen molar-refractivity contribution in [1.82, 2.24) is 4.57 Å². The van der Waals surface area contributed by atoms with Crippen LogP contribution in [0.2, 0.25) is 5.02 Å². The highest BCUT2D eigenvalue weighted by atomic mass is 35.5. The Morgan fingerprint density at radius 2 is 2.12 bits per heavy atom. The zero-order valence-electron chi connectivity index (χ0n) is 14.0. The topological polar surface area (TPSA) is 60.3 Å². The van der Waals surface area contributed by atoms with Crippen molar-refractivity contribution in [1.29, 1.82) is 0 Å². The lowest BCUT2D eigenvalue weighted by molar-refractivity contribution is -0.118. The van der Waals surface area contributed by atoms with Crippen molar-refractivity contribution in [3.63, 3.8) is 0 Å². The Kier molecular flexibility index (Phi) is 6.04. The van der Waals surface area contributed by atoms with Crippen LogP contribution in [0, 0.1) is 6.92 Å². The van der Waals surface area contributed by atoms with E-state index >= 15 is 0 Å². The first-order chi connectivity index (χ1) is 11.4. The summed E-state index contributed by atoms with van der Waals surface area (Å²) in [7, 11) is 0. The number of halogens is 1. The van der Waals surface area contributed by atoms with E-state index in [0.717, 1.165) is 12.0 Å². The fourth-order valence-corrected chi connectivity index (χ4v) is 2.34. The van der Waals surface area contributed by atoms with Crippen LogP contribution in [-0.2, 0) is 4.79 Å². The lowest BCUT2D eigenvalue weighted by atomic mass is 10.2. The van der Waals surface area contributed by atoms with Crippen LogP contribution in [0.5, 0.6) is 5.75 Å². The molecular weight excluding hydrogens is 328 g/mol. The molecule has 1 atom stereocenters. The molecule has 6 heteroatoms. The van der Waals surface area contributed by atoms with Gasteiger partial charge < -0.3 is 14.6 Å². The molecule has 0 aliphatic rings. The van der Waals surface area contributed by atoms with Crippen molar-refractivity contribution in [2.45, 2.75) is 33.2 Å². The molecule has 2 aromatic rings. The number of rotatable bonds is 6. The lowest BCUT2D eigenvalue weighted by Crippen LogP contribution is -2.31. The monoisotopic (exact) mass is 348 g/mol. The van der Waals surface area contributed by atoms with E-state index in [9.17, 15) is 9.59 Å². The van der Waals surface area contributed by atoms with E-state index in [-0.39, 0.29) is 17.2 Å². The number of benzene rings is 1. The molecule has 0 aliphatic carbocycles. The van der Waals surface area contributed by atoms with Gasteiger partial charge in [0.1, 0.15) is 6.04 Å². The number of ether oxygens (including phenoxy) is 1. The largest absolute Gasteiger partial charge is 0.488 e. The number of nitrogens with zero attached hydrogens (tertiary/aromatic N) is 1. The lowest BCUT2D eigenvalue weighted by Gasteiger charge is -2.16. The van der Waals surface area contributed by atoms with Crippen molar-refractivity contribution in [3.8, 4) is 5.75 Å². The third kappa shape index (κ3) is 4.17. The van der Waals surface area contributed by atoms with Gasteiger partial charge >= 0.3 is 0 Å². The highest BCUT2D eigenvalue weighted by Gasteiger charge is 2.18. The van der Waals surface area contributed by atoms with Gasteiger partial charge in [0, 0.05) is 16.9 Å². The van der Waals surface area contributed by atoms with E-state index in [4.69, 9.17) is 16.3 Å². The molecule has 1 N–H and O–H groups in total. The second kappa shape index (κ2) is 8.02. The van der Waals surface area contributed by atoms with Gasteiger partial charge in [0.25, 0.3) is 5.56 Å². The first-order valence-electron chi connectivity index (χ1n) is 7.85. The Morgan fingerprint density at radius 3 is 2.79 bits per heavy atom. The zero-order chi connectivity index (χ0) is 17.7. The molecule has 1 aromatic carbocycles. The molecule has 0 fully saturated rings. The molecule has 0 bridgehead atoms. The van der Waals surface area contributed by atoms with Crippen LogP contribution >= 0.6 is 11.6 Å². The molecule has 0 spiro atoms. The standard InChI is InChI=1S/C18H21ClN2O3/c1-4-10-24-16-6-5-9-21(18(16)23)13(3)17(22)20-14-8-7-12(2)15(19)11-14/h5-9,11,13H,4,10H2,1-3H3,(H,20,22). The number of aromatic nitrogens is 1. The first-order valence-corrected chi connectivity index (χ1v) is 8.22. The van der Waals surface area contributed by atoms with Crippen LogP contribution in [-0.4, -0.2) is 17.1 Å². The molecule has 0 radical (unpaired) electrons. The van der Waals surface area contributed by atoms with Crippen LogP contribution < -0.4 is 15.6 Å². The Morgan fingerprint density at radius 1 is 1.38 bits per heavy atom. The molecule has 24 heavy (non-hydrogen) atoms. The Balaban J connectivity index is 2.18. The quantitative estimate of drug-likeness (QED) is 0.863. The molecule has 1 unspecified atom stereocenters. The molecule has 0 aliphatic heterocycles. The van der Waals surface area contributed by atoms with E-state index in [1.54, 1.807) is 37.4 Å². The summed E-state index contributed by atoms with van der Waals surface area (Å²) in [6.07, 6.45) is 2.38. The van der Waals surface area contributed by atoms with Crippen molar-refractivity contribution in [2.24, 2.45) is 0 Å². The molecule has 1 amide bonds. The average Bonchev–Trinajstić information content (AvgIpc) is 2.56. The second-order valence-corrected chi connectivity index (χ2v) is 5.97. The summed E-state index contributed by atoms with van der Waals surface area (Å²) in [6.45, 7) is 5.97. The third-order valence-corrected chi connectivity index (χ3v) is 4.04. The van der Waals surface area contributed by atoms with Gasteiger partial charge in [0.05, 0.1) is 6.61 Å². The van der Waals surface area contributed by atoms with Crippen molar-refractivity contribution >= 4 is 23.2 Å². The van der Waals surface area contributed by atoms with Crippen LogP contribution in [0.1, 0.15) is 31.9 Å². The van der Waals surface area contributed by atoms with E-state index in [2.05, 4.69) is 5.32 Å². The van der Waals surface area contributed by atoms with E-state index in [0.29, 0.717) is 17.3 Å². The van der Waals surface area contributed by atoms with Crippen molar-refractivity contribution < 1.29 is 9.53 Å². The number of anilines is 1. The summed E-state index contributed by atoms with van der Waals surface area (Å²) in [6, 6.07) is 7.91. The maximum atomic E-state index is 12.4. The van der Waals surface area contributed by atoms with Gasteiger partial charge in [0.15, 0.2) is 5.75 Å². The summed E-state index contributed by atoms with van der Waals surface area (Å²) in [5.74, 6) is -0.0537. The SMILES string of the molecule is CCCOc1cccn(C(C)C(=O)Nc2ccc(C)c(Cl)c2)c1=O. The number of hydrogen-bond acceptors (Lipinski definition) is 3. The van der Waals surface area contributed by atoms with Gasteiger partial charge in [0.2, 0.25) is 5.91 Å². The molecular formula is C18H21ClN2O3. The fraction of sp³-hybridized carbons (Fsp3) is 0.333. The minimum Gasteiger partial charge on any atom is -0.488 e. The molecule has 1 aromatic heterocycles. The molecule has 1 heterocycles. The average molecular weight is 349 g/mol. The number of amides is 1. The number of nitrogens with one attached hydrogen (secondary N) is 1. The minimum atomic E-state index is -0.678. The van der Waals surface area contributed by atoms with Crippen molar-refractivity contribution in [3.05, 3.63) is 57.5 Å². The fourth-order valence-electron chi connectivity index (χ4n) is 2.16. The first kappa shape index (κ1) is 18.1. The van der Waals surface area contributed by atoms with Gasteiger partial charge in [-0.2, -0.15) is 0 Å². The van der Waals surface area contributed by atoms with Gasteiger partial charge in [-0.3, -0.25) is 9.59 Å². The van der Waals surface area contributed by atoms with Gasteiger partial charge in [-0.05, 0) is 50.1 Å². The number of aryl methyl sites for hydroxylation is 1. The van der Waals surface area contributed by atoms with Crippen LogP contribution in [0.15, 0.2) is 41.3 Å². The molecule has 0 saturated carbocycles. The van der Waals surface area contributed by atoms with E-state index < -0.39 is 6.04 Å². The number of carbonyl (C=O) groups excluding carboxylic acids is 1. The van der Waals surface area contributed by atoms with Gasteiger partial charge in [-0.15, -0.1) is 0 Å². The number of carbonyl (C=O) groups is 1. The summed E-state index contributed by atoms with van der Waals surface area (Å²) in [5.41, 5.74) is 1.20. The molecule has 5 nitrogen and oxygen atoms in total. The molecule has 2 rings (SSSR count). The highest BCUT2D eigenvalue weighted by molar-refractivity contribution is 6.31. The number of pyridine rings is 1. The summed E-state index contributed by atoms with van der Waals surface area (Å²) in [4.78, 5) is 24.8. The van der Waals surface area contributed by atoms with Gasteiger partial charge in [-0.25, -0.2) is 0 Å². The van der Waals surface area contributed by atoms with Crippen LogP contribution in [0.25, 0.3) is 0 Å². The summed E-state index contributed by atoms with van der Waals surface area (Å²) in [5, 5.41) is 3.35. The Labute approximate surface area is 146 Å². The molecule has 0 saturated heterocycles. The highest BCUT2D eigenvalue weighted by Crippen LogP contribution is 2.21. The normalized spacial score (nSPS) is 11.8. The zero-order valence-corrected chi connectivity index (χ0v) is 14.8. The minimum absolute atomic E-state index is 0.248. The van der Waals surface area contributed by atoms with E-state index in [1.165, 1.54) is 4.57 Å². The third-order valence-electron chi connectivity index (χ3n) is 3.64. The maximum Gasteiger partial charge on any atom is 0.293 e. The van der Waals surface area contributed by atoms with Crippen molar-refractivity contribution in [2.75, 3.05) is 11.9 Å². The number of hydrogen-bond donors (Lipinski definition) is 1. The predicted molar refractivity (Wildman–Crippen MR) is 96.0 cm³/mol. The predicted octanol–water partition coefficient (Wildman–Crippen LogP) is 3.80. The maximum absolute atomic E-state index is 12.4. The summed E-state index contributed by atoms with van der Waals surface area (Å²) >= 11 is 6.07. The summed E-state index contributed by atoms with van der Waals surface area (Å²) < 4.78 is 6.78.